The number of halogens is 1. The predicted octanol–water partition coefficient (Wildman–Crippen LogP) is 4.68. The van der Waals surface area contributed by atoms with Crippen molar-refractivity contribution in [3.63, 3.8) is 0 Å². The monoisotopic (exact) mass is 384 g/mol. The molecule has 2 aromatic carbocycles. The second-order valence-corrected chi connectivity index (χ2v) is 6.85. The number of nitro groups is 1. The first-order valence-corrected chi connectivity index (χ1v) is 9.08. The van der Waals surface area contributed by atoms with E-state index in [2.05, 4.69) is 10.1 Å². The van der Waals surface area contributed by atoms with Gasteiger partial charge in [-0.25, -0.2) is 0 Å². The number of nitrogens with zero attached hydrogens (tertiary/aromatic N) is 4. The van der Waals surface area contributed by atoms with Gasteiger partial charge >= 0.3 is 0 Å². The van der Waals surface area contributed by atoms with Gasteiger partial charge in [-0.05, 0) is 31.0 Å². The molecule has 7 nitrogen and oxygen atoms in total. The molecule has 8 heteroatoms. The smallest absolute Gasteiger partial charge is 0.292 e. The van der Waals surface area contributed by atoms with Crippen LogP contribution < -0.4 is 4.90 Å². The Bertz CT molecular complexity index is 967. The summed E-state index contributed by atoms with van der Waals surface area (Å²) in [5, 5.41) is 15.9. The summed E-state index contributed by atoms with van der Waals surface area (Å²) in [6, 6.07) is 14.2. The summed E-state index contributed by atoms with van der Waals surface area (Å²) < 4.78 is 5.47. The topological polar surface area (TPSA) is 85.3 Å². The van der Waals surface area contributed by atoms with Crippen LogP contribution in [-0.4, -0.2) is 28.2 Å². The lowest BCUT2D eigenvalue weighted by molar-refractivity contribution is -0.384. The van der Waals surface area contributed by atoms with E-state index in [4.69, 9.17) is 16.1 Å². The van der Waals surface area contributed by atoms with Crippen molar-refractivity contribution < 1.29 is 9.45 Å². The van der Waals surface area contributed by atoms with Crippen molar-refractivity contribution in [1.82, 2.24) is 10.1 Å². The van der Waals surface area contributed by atoms with Gasteiger partial charge in [0.2, 0.25) is 11.7 Å². The third kappa shape index (κ3) is 3.50. The van der Waals surface area contributed by atoms with Gasteiger partial charge in [-0.2, -0.15) is 4.98 Å². The second kappa shape index (κ2) is 7.36. The number of aromatic nitrogens is 2. The predicted molar refractivity (Wildman–Crippen MR) is 102 cm³/mol. The van der Waals surface area contributed by atoms with Crippen molar-refractivity contribution >= 4 is 23.0 Å². The largest absolute Gasteiger partial charge is 0.366 e. The molecule has 138 valence electrons. The average Bonchev–Trinajstić information content (AvgIpc) is 3.18. The lowest BCUT2D eigenvalue weighted by Crippen LogP contribution is -2.33. The Balaban J connectivity index is 1.48. The minimum atomic E-state index is -0.338. The minimum absolute atomic E-state index is 0.132. The standard InChI is InChI=1S/C19H17ClN4O3/c20-15-6-2-1-5-14(15)18-21-19(27-22-18)13-9-11-23(12-10-13)16-7-3-4-8-17(16)24(25)26/h1-8,13H,9-12H2. The molecule has 1 saturated heterocycles. The van der Waals surface area contributed by atoms with Gasteiger partial charge < -0.3 is 9.42 Å². The van der Waals surface area contributed by atoms with Gasteiger partial charge in [0.25, 0.3) is 5.69 Å². The summed E-state index contributed by atoms with van der Waals surface area (Å²) in [6.45, 7) is 1.39. The van der Waals surface area contributed by atoms with E-state index < -0.39 is 0 Å². The zero-order chi connectivity index (χ0) is 18.8. The van der Waals surface area contributed by atoms with Gasteiger partial charge in [0.05, 0.1) is 9.95 Å². The van der Waals surface area contributed by atoms with Crippen molar-refractivity contribution in [2.45, 2.75) is 18.8 Å². The maximum atomic E-state index is 11.3. The first-order valence-electron chi connectivity index (χ1n) is 8.70. The van der Waals surface area contributed by atoms with Gasteiger partial charge in [0, 0.05) is 30.6 Å². The molecule has 3 aromatic rings. The van der Waals surface area contributed by atoms with Gasteiger partial charge in [0.15, 0.2) is 0 Å². The first-order chi connectivity index (χ1) is 13.1. The molecule has 1 aliphatic heterocycles. The zero-order valence-electron chi connectivity index (χ0n) is 14.4. The Kier molecular flexibility index (Phi) is 4.77. The molecule has 2 heterocycles. The molecule has 4 rings (SSSR count). The van der Waals surface area contributed by atoms with Gasteiger partial charge in [-0.3, -0.25) is 10.1 Å². The molecule has 0 unspecified atom stereocenters. The lowest BCUT2D eigenvalue weighted by atomic mass is 9.96. The second-order valence-electron chi connectivity index (χ2n) is 6.44. The molecular formula is C19H17ClN4O3. The molecule has 0 saturated carbocycles. The van der Waals surface area contributed by atoms with Crippen LogP contribution in [0.1, 0.15) is 24.7 Å². The maximum absolute atomic E-state index is 11.3. The zero-order valence-corrected chi connectivity index (χ0v) is 15.2. The molecule has 27 heavy (non-hydrogen) atoms. The van der Waals surface area contributed by atoms with E-state index in [0.29, 0.717) is 35.5 Å². The maximum Gasteiger partial charge on any atom is 0.292 e. The van der Waals surface area contributed by atoms with Gasteiger partial charge in [-0.15, -0.1) is 0 Å². The van der Waals surface area contributed by atoms with Crippen LogP contribution in [0.4, 0.5) is 11.4 Å². The number of hydrogen-bond acceptors (Lipinski definition) is 6. The molecule has 0 spiro atoms. The fraction of sp³-hybridized carbons (Fsp3) is 0.263. The van der Waals surface area contributed by atoms with E-state index in [1.807, 2.05) is 29.2 Å². The molecule has 0 atom stereocenters. The summed E-state index contributed by atoms with van der Waals surface area (Å²) in [5.41, 5.74) is 1.53. The molecule has 0 N–H and O–H groups in total. The summed E-state index contributed by atoms with van der Waals surface area (Å²) >= 11 is 6.20. The fourth-order valence-electron chi connectivity index (χ4n) is 3.41. The molecule has 0 radical (unpaired) electrons. The summed E-state index contributed by atoms with van der Waals surface area (Å²) in [5.74, 6) is 1.21. The van der Waals surface area contributed by atoms with Crippen LogP contribution >= 0.6 is 11.6 Å². The SMILES string of the molecule is O=[N+]([O-])c1ccccc1N1CCC(c2nc(-c3ccccc3Cl)no2)CC1. The molecule has 1 fully saturated rings. The van der Waals surface area contributed by atoms with Crippen LogP contribution in [0, 0.1) is 10.1 Å². The number of hydrogen-bond donors (Lipinski definition) is 0. The van der Waals surface area contributed by atoms with Crippen LogP contribution in [0.25, 0.3) is 11.4 Å². The number of anilines is 1. The fourth-order valence-corrected chi connectivity index (χ4v) is 3.63. The van der Waals surface area contributed by atoms with Crippen LogP contribution in [0.3, 0.4) is 0 Å². The van der Waals surface area contributed by atoms with Crippen LogP contribution in [0.2, 0.25) is 5.02 Å². The van der Waals surface area contributed by atoms with Crippen molar-refractivity contribution in [2.24, 2.45) is 0 Å². The highest BCUT2D eigenvalue weighted by Gasteiger charge is 2.28. The normalized spacial score (nSPS) is 15.1. The van der Waals surface area contributed by atoms with E-state index in [1.54, 1.807) is 18.2 Å². The number of rotatable bonds is 4. The van der Waals surface area contributed by atoms with Crippen molar-refractivity contribution in [3.05, 3.63) is 69.6 Å². The van der Waals surface area contributed by atoms with E-state index in [-0.39, 0.29) is 16.5 Å². The van der Waals surface area contributed by atoms with Gasteiger partial charge in [0.1, 0.15) is 5.69 Å². The molecule has 0 aliphatic carbocycles. The highest BCUT2D eigenvalue weighted by atomic mass is 35.5. The number of nitro benzene ring substituents is 1. The Morgan fingerprint density at radius 2 is 1.81 bits per heavy atom. The van der Waals surface area contributed by atoms with Crippen molar-refractivity contribution in [3.8, 4) is 11.4 Å². The highest BCUT2D eigenvalue weighted by Crippen LogP contribution is 2.35. The van der Waals surface area contributed by atoms with Crippen molar-refractivity contribution in [2.75, 3.05) is 18.0 Å². The summed E-state index contributed by atoms with van der Waals surface area (Å²) in [7, 11) is 0. The first kappa shape index (κ1) is 17.5. The Hall–Kier alpha value is -2.93. The number of piperidine rings is 1. The quantitative estimate of drug-likeness (QED) is 0.479. The Morgan fingerprint density at radius 1 is 1.11 bits per heavy atom. The Labute approximate surface area is 160 Å². The van der Waals surface area contributed by atoms with Crippen LogP contribution in [0.15, 0.2) is 53.1 Å². The number of benzene rings is 2. The van der Waals surface area contributed by atoms with E-state index in [0.717, 1.165) is 18.4 Å². The van der Waals surface area contributed by atoms with Crippen molar-refractivity contribution in [1.29, 1.82) is 0 Å². The Morgan fingerprint density at radius 3 is 2.56 bits per heavy atom. The van der Waals surface area contributed by atoms with Crippen LogP contribution in [-0.2, 0) is 0 Å². The lowest BCUT2D eigenvalue weighted by Gasteiger charge is -2.31. The molecule has 1 aromatic heterocycles. The average molecular weight is 385 g/mol. The third-order valence-corrected chi connectivity index (χ3v) is 5.15. The van der Waals surface area contributed by atoms with E-state index in [9.17, 15) is 10.1 Å². The minimum Gasteiger partial charge on any atom is -0.366 e. The third-order valence-electron chi connectivity index (χ3n) is 4.82. The summed E-state index contributed by atoms with van der Waals surface area (Å²) in [6.07, 6.45) is 1.58. The summed E-state index contributed by atoms with van der Waals surface area (Å²) in [4.78, 5) is 17.5. The molecule has 0 amide bonds. The molecule has 1 aliphatic rings. The molecule has 0 bridgehead atoms. The molecular weight excluding hydrogens is 368 g/mol. The van der Waals surface area contributed by atoms with E-state index >= 15 is 0 Å². The van der Waals surface area contributed by atoms with Crippen LogP contribution in [0.5, 0.6) is 0 Å². The number of para-hydroxylation sites is 2. The van der Waals surface area contributed by atoms with E-state index in [1.165, 1.54) is 6.07 Å². The highest BCUT2D eigenvalue weighted by molar-refractivity contribution is 6.33. The van der Waals surface area contributed by atoms with Gasteiger partial charge in [-0.1, -0.05) is 41.0 Å².